The van der Waals surface area contributed by atoms with Crippen molar-refractivity contribution in [2.75, 3.05) is 27.2 Å². The molecule has 1 N–H and O–H groups in total. The SMILES string of the molecule is CNC1CCC(N(C)CCOc2ccccc2C)CC1. The summed E-state index contributed by atoms with van der Waals surface area (Å²) in [5.74, 6) is 1.01. The summed E-state index contributed by atoms with van der Waals surface area (Å²) in [7, 11) is 4.30. The quantitative estimate of drug-likeness (QED) is 0.864. The van der Waals surface area contributed by atoms with Gasteiger partial charge in [0, 0.05) is 18.6 Å². The molecule has 3 nitrogen and oxygen atoms in total. The van der Waals surface area contributed by atoms with E-state index in [-0.39, 0.29) is 0 Å². The number of hydrogen-bond donors (Lipinski definition) is 1. The number of likely N-dealkylation sites (N-methyl/N-ethyl adjacent to an activating group) is 1. The average Bonchev–Trinajstić information content (AvgIpc) is 2.49. The first-order valence-corrected chi connectivity index (χ1v) is 7.76. The predicted molar refractivity (Wildman–Crippen MR) is 84.4 cm³/mol. The molecule has 0 bridgehead atoms. The number of ether oxygens (including phenoxy) is 1. The second-order valence-electron chi connectivity index (χ2n) is 5.89. The maximum Gasteiger partial charge on any atom is 0.122 e. The van der Waals surface area contributed by atoms with Gasteiger partial charge in [-0.15, -0.1) is 0 Å². The molecule has 0 radical (unpaired) electrons. The van der Waals surface area contributed by atoms with Crippen molar-refractivity contribution in [3.63, 3.8) is 0 Å². The fraction of sp³-hybridized carbons (Fsp3) is 0.647. The molecule has 1 fully saturated rings. The minimum atomic E-state index is 0.722. The largest absolute Gasteiger partial charge is 0.492 e. The van der Waals surface area contributed by atoms with Crippen molar-refractivity contribution in [1.82, 2.24) is 10.2 Å². The lowest BCUT2D eigenvalue weighted by Crippen LogP contribution is -2.41. The Balaban J connectivity index is 1.70. The highest BCUT2D eigenvalue weighted by Gasteiger charge is 2.22. The number of aryl methyl sites for hydroxylation is 1. The van der Waals surface area contributed by atoms with Gasteiger partial charge < -0.3 is 15.0 Å². The summed E-state index contributed by atoms with van der Waals surface area (Å²) in [5.41, 5.74) is 1.21. The van der Waals surface area contributed by atoms with Crippen molar-refractivity contribution in [3.05, 3.63) is 29.8 Å². The number of para-hydroxylation sites is 1. The normalized spacial score (nSPS) is 23.0. The molecular weight excluding hydrogens is 248 g/mol. The molecule has 1 aliphatic rings. The summed E-state index contributed by atoms with van der Waals surface area (Å²) in [6.45, 7) is 3.87. The van der Waals surface area contributed by atoms with Crippen LogP contribution in [-0.4, -0.2) is 44.2 Å². The van der Waals surface area contributed by atoms with Crippen molar-refractivity contribution in [1.29, 1.82) is 0 Å². The highest BCUT2D eigenvalue weighted by Crippen LogP contribution is 2.22. The molecule has 0 atom stereocenters. The summed E-state index contributed by atoms with van der Waals surface area (Å²) in [4.78, 5) is 2.46. The van der Waals surface area contributed by atoms with E-state index in [2.05, 4.69) is 43.4 Å². The minimum absolute atomic E-state index is 0.722. The topological polar surface area (TPSA) is 24.5 Å². The Bertz CT molecular complexity index is 400. The monoisotopic (exact) mass is 276 g/mol. The van der Waals surface area contributed by atoms with E-state index in [0.717, 1.165) is 31.0 Å². The molecule has 3 heteroatoms. The molecule has 0 spiro atoms. The predicted octanol–water partition coefficient (Wildman–Crippen LogP) is 2.84. The lowest BCUT2D eigenvalue weighted by atomic mass is 9.90. The molecule has 1 saturated carbocycles. The number of nitrogens with zero attached hydrogens (tertiary/aromatic N) is 1. The van der Waals surface area contributed by atoms with Crippen LogP contribution in [0.4, 0.5) is 0 Å². The zero-order chi connectivity index (χ0) is 14.4. The van der Waals surface area contributed by atoms with Crippen molar-refractivity contribution in [3.8, 4) is 5.75 Å². The van der Waals surface area contributed by atoms with Crippen LogP contribution >= 0.6 is 0 Å². The zero-order valence-corrected chi connectivity index (χ0v) is 13.1. The van der Waals surface area contributed by atoms with Crippen LogP contribution < -0.4 is 10.1 Å². The van der Waals surface area contributed by atoms with Crippen molar-refractivity contribution in [2.24, 2.45) is 0 Å². The summed E-state index contributed by atoms with van der Waals surface area (Å²) < 4.78 is 5.89. The van der Waals surface area contributed by atoms with Gasteiger partial charge in [0.15, 0.2) is 0 Å². The van der Waals surface area contributed by atoms with Gasteiger partial charge in [-0.2, -0.15) is 0 Å². The summed E-state index contributed by atoms with van der Waals surface area (Å²) in [5, 5.41) is 3.39. The highest BCUT2D eigenvalue weighted by molar-refractivity contribution is 5.31. The van der Waals surface area contributed by atoms with Gasteiger partial charge in [-0.05, 0) is 58.3 Å². The van der Waals surface area contributed by atoms with Gasteiger partial charge in [-0.3, -0.25) is 0 Å². The van der Waals surface area contributed by atoms with Crippen LogP contribution in [0.3, 0.4) is 0 Å². The van der Waals surface area contributed by atoms with E-state index in [1.165, 1.54) is 31.2 Å². The third-order valence-corrected chi connectivity index (χ3v) is 4.52. The molecule has 1 aliphatic carbocycles. The number of rotatable bonds is 6. The molecule has 1 aromatic rings. The van der Waals surface area contributed by atoms with Crippen LogP contribution in [0, 0.1) is 6.92 Å². The van der Waals surface area contributed by atoms with Crippen LogP contribution in [0.1, 0.15) is 31.2 Å². The highest BCUT2D eigenvalue weighted by atomic mass is 16.5. The van der Waals surface area contributed by atoms with Gasteiger partial charge in [-0.1, -0.05) is 18.2 Å². The fourth-order valence-electron chi connectivity index (χ4n) is 3.01. The maximum absolute atomic E-state index is 5.89. The van der Waals surface area contributed by atoms with E-state index < -0.39 is 0 Å². The van der Waals surface area contributed by atoms with Gasteiger partial charge in [-0.25, -0.2) is 0 Å². The third-order valence-electron chi connectivity index (χ3n) is 4.52. The van der Waals surface area contributed by atoms with E-state index in [0.29, 0.717) is 0 Å². The first kappa shape index (κ1) is 15.3. The molecule has 2 rings (SSSR count). The number of nitrogens with one attached hydrogen (secondary N) is 1. The van der Waals surface area contributed by atoms with Crippen LogP contribution in [0.2, 0.25) is 0 Å². The lowest BCUT2D eigenvalue weighted by molar-refractivity contribution is 0.150. The van der Waals surface area contributed by atoms with E-state index in [4.69, 9.17) is 4.74 Å². The van der Waals surface area contributed by atoms with Gasteiger partial charge in [0.2, 0.25) is 0 Å². The summed E-state index contributed by atoms with van der Waals surface area (Å²) in [6, 6.07) is 9.67. The molecule has 0 unspecified atom stereocenters. The molecular formula is C17H28N2O. The maximum atomic E-state index is 5.89. The van der Waals surface area contributed by atoms with E-state index in [1.807, 2.05) is 12.1 Å². The average molecular weight is 276 g/mol. The summed E-state index contributed by atoms with van der Waals surface area (Å²) >= 11 is 0. The van der Waals surface area contributed by atoms with Gasteiger partial charge in [0.05, 0.1) is 0 Å². The first-order chi connectivity index (χ1) is 9.70. The van der Waals surface area contributed by atoms with Crippen LogP contribution in [-0.2, 0) is 0 Å². The van der Waals surface area contributed by atoms with Crippen LogP contribution in [0.25, 0.3) is 0 Å². The Morgan fingerprint density at radius 3 is 2.55 bits per heavy atom. The fourth-order valence-corrected chi connectivity index (χ4v) is 3.01. The smallest absolute Gasteiger partial charge is 0.122 e. The standard InChI is InChI=1S/C17H28N2O/c1-14-6-4-5-7-17(14)20-13-12-19(3)16-10-8-15(18-2)9-11-16/h4-7,15-16,18H,8-13H2,1-3H3. The third kappa shape index (κ3) is 4.22. The van der Waals surface area contributed by atoms with Crippen LogP contribution in [0.15, 0.2) is 24.3 Å². The molecule has 0 saturated heterocycles. The van der Waals surface area contributed by atoms with Crippen molar-refractivity contribution < 1.29 is 4.74 Å². The Labute approximate surface area is 123 Å². The first-order valence-electron chi connectivity index (χ1n) is 7.76. The molecule has 0 aromatic heterocycles. The van der Waals surface area contributed by atoms with Crippen molar-refractivity contribution in [2.45, 2.75) is 44.7 Å². The molecule has 1 aromatic carbocycles. The van der Waals surface area contributed by atoms with E-state index in [9.17, 15) is 0 Å². The Morgan fingerprint density at radius 2 is 1.90 bits per heavy atom. The van der Waals surface area contributed by atoms with Crippen LogP contribution in [0.5, 0.6) is 5.75 Å². The molecule has 0 heterocycles. The molecule has 20 heavy (non-hydrogen) atoms. The number of benzene rings is 1. The molecule has 112 valence electrons. The van der Waals surface area contributed by atoms with E-state index in [1.54, 1.807) is 0 Å². The molecule has 0 amide bonds. The van der Waals surface area contributed by atoms with Gasteiger partial charge in [0.25, 0.3) is 0 Å². The Morgan fingerprint density at radius 1 is 1.20 bits per heavy atom. The molecule has 0 aliphatic heterocycles. The zero-order valence-electron chi connectivity index (χ0n) is 13.1. The second kappa shape index (κ2) is 7.65. The van der Waals surface area contributed by atoms with Gasteiger partial charge in [0.1, 0.15) is 12.4 Å². The van der Waals surface area contributed by atoms with E-state index >= 15 is 0 Å². The Hall–Kier alpha value is -1.06. The van der Waals surface area contributed by atoms with Gasteiger partial charge >= 0.3 is 0 Å². The van der Waals surface area contributed by atoms with Crippen molar-refractivity contribution >= 4 is 0 Å². The Kier molecular flexibility index (Phi) is 5.86. The summed E-state index contributed by atoms with van der Waals surface area (Å²) in [6.07, 6.45) is 5.19. The minimum Gasteiger partial charge on any atom is -0.492 e. The second-order valence-corrected chi connectivity index (χ2v) is 5.89. The lowest BCUT2D eigenvalue weighted by Gasteiger charge is -2.34. The number of hydrogen-bond acceptors (Lipinski definition) is 3.